The Morgan fingerprint density at radius 2 is 2.15 bits per heavy atom. The van der Waals surface area contributed by atoms with Crippen molar-refractivity contribution in [2.45, 2.75) is 13.0 Å². The maximum atomic E-state index is 6.11. The number of hydrogen-bond donors (Lipinski definition) is 3. The van der Waals surface area contributed by atoms with Crippen LogP contribution in [0, 0.1) is 0 Å². The minimum absolute atomic E-state index is 0.535. The van der Waals surface area contributed by atoms with Gasteiger partial charge in [-0.3, -0.25) is 9.39 Å². The van der Waals surface area contributed by atoms with E-state index in [1.165, 1.54) is 5.56 Å². The standard InChI is InChI=1S/C19H20ClN7/c1-21-19(24-12-18-26-25-17-4-2-3-9-27(17)18)22-8-7-13-11-23-16-6-5-14(20)10-15(13)16/h2-6,9-11,23H,7-8,12H2,1H3,(H2,21,22,24). The minimum atomic E-state index is 0.535. The first-order chi connectivity index (χ1) is 13.2. The molecule has 138 valence electrons. The van der Waals surface area contributed by atoms with Crippen molar-refractivity contribution in [3.8, 4) is 0 Å². The van der Waals surface area contributed by atoms with Gasteiger partial charge in [-0.2, -0.15) is 0 Å². The molecular formula is C19H20ClN7. The summed E-state index contributed by atoms with van der Waals surface area (Å²) in [4.78, 5) is 7.55. The molecule has 4 aromatic rings. The molecule has 0 unspecified atom stereocenters. The zero-order valence-corrected chi connectivity index (χ0v) is 15.7. The molecule has 0 aliphatic heterocycles. The van der Waals surface area contributed by atoms with Crippen molar-refractivity contribution < 1.29 is 0 Å². The van der Waals surface area contributed by atoms with E-state index in [4.69, 9.17) is 11.6 Å². The van der Waals surface area contributed by atoms with Crippen molar-refractivity contribution in [2.75, 3.05) is 13.6 Å². The SMILES string of the molecule is CN=C(NCCc1c[nH]c2ccc(Cl)cc12)NCc1nnc2ccccn12. The monoisotopic (exact) mass is 381 g/mol. The Bertz CT molecular complexity index is 1100. The van der Waals surface area contributed by atoms with Gasteiger partial charge in [-0.15, -0.1) is 10.2 Å². The molecule has 3 aromatic heterocycles. The average Bonchev–Trinajstić information content (AvgIpc) is 3.28. The fourth-order valence-electron chi connectivity index (χ4n) is 3.07. The van der Waals surface area contributed by atoms with Gasteiger partial charge in [0, 0.05) is 41.9 Å². The second-order valence-corrected chi connectivity index (χ2v) is 6.59. The average molecular weight is 382 g/mol. The van der Waals surface area contributed by atoms with E-state index in [-0.39, 0.29) is 0 Å². The molecule has 4 rings (SSSR count). The molecule has 0 saturated carbocycles. The van der Waals surface area contributed by atoms with E-state index in [9.17, 15) is 0 Å². The van der Waals surface area contributed by atoms with Crippen LogP contribution in [0.4, 0.5) is 0 Å². The van der Waals surface area contributed by atoms with Gasteiger partial charge in [0.1, 0.15) is 0 Å². The Kier molecular flexibility index (Phi) is 4.93. The number of aromatic nitrogens is 4. The summed E-state index contributed by atoms with van der Waals surface area (Å²) in [6.45, 7) is 1.28. The first kappa shape index (κ1) is 17.4. The molecule has 0 aliphatic rings. The number of guanidine groups is 1. The number of fused-ring (bicyclic) bond motifs is 2. The number of aliphatic imine (C=N–C) groups is 1. The summed E-state index contributed by atoms with van der Waals surface area (Å²) in [5.74, 6) is 1.56. The summed E-state index contributed by atoms with van der Waals surface area (Å²) in [6.07, 6.45) is 4.83. The van der Waals surface area contributed by atoms with Crippen molar-refractivity contribution in [3.63, 3.8) is 0 Å². The zero-order chi connectivity index (χ0) is 18.6. The number of aromatic amines is 1. The van der Waals surface area contributed by atoms with E-state index in [0.717, 1.165) is 46.3 Å². The molecule has 3 N–H and O–H groups in total. The van der Waals surface area contributed by atoms with E-state index < -0.39 is 0 Å². The number of pyridine rings is 1. The normalized spacial score (nSPS) is 12.0. The summed E-state index contributed by atoms with van der Waals surface area (Å²) in [5.41, 5.74) is 3.14. The first-order valence-electron chi connectivity index (χ1n) is 8.73. The third kappa shape index (κ3) is 3.73. The maximum absolute atomic E-state index is 6.11. The van der Waals surface area contributed by atoms with Crippen molar-refractivity contribution in [1.82, 2.24) is 30.2 Å². The minimum Gasteiger partial charge on any atom is -0.361 e. The highest BCUT2D eigenvalue weighted by molar-refractivity contribution is 6.31. The molecule has 0 atom stereocenters. The van der Waals surface area contributed by atoms with Gasteiger partial charge in [0.2, 0.25) is 0 Å². The first-order valence-corrected chi connectivity index (χ1v) is 9.11. The Morgan fingerprint density at radius 1 is 1.22 bits per heavy atom. The molecular weight excluding hydrogens is 362 g/mol. The van der Waals surface area contributed by atoms with Crippen molar-refractivity contribution >= 4 is 34.1 Å². The van der Waals surface area contributed by atoms with Gasteiger partial charge >= 0.3 is 0 Å². The van der Waals surface area contributed by atoms with E-state index in [0.29, 0.717) is 6.54 Å². The predicted octanol–water partition coefficient (Wildman–Crippen LogP) is 2.77. The lowest BCUT2D eigenvalue weighted by Gasteiger charge is -2.11. The quantitative estimate of drug-likeness (QED) is 0.366. The Morgan fingerprint density at radius 3 is 3.04 bits per heavy atom. The summed E-state index contributed by atoms with van der Waals surface area (Å²) in [6, 6.07) is 11.7. The van der Waals surface area contributed by atoms with Gasteiger partial charge in [0.25, 0.3) is 0 Å². The van der Waals surface area contributed by atoms with Gasteiger partial charge in [0.15, 0.2) is 17.4 Å². The number of nitrogens with one attached hydrogen (secondary N) is 3. The van der Waals surface area contributed by atoms with Crippen LogP contribution in [0.2, 0.25) is 5.02 Å². The molecule has 0 fully saturated rings. The molecule has 1 aromatic carbocycles. The zero-order valence-electron chi connectivity index (χ0n) is 14.9. The smallest absolute Gasteiger partial charge is 0.191 e. The predicted molar refractivity (Wildman–Crippen MR) is 108 cm³/mol. The highest BCUT2D eigenvalue weighted by Crippen LogP contribution is 2.22. The summed E-state index contributed by atoms with van der Waals surface area (Å²) in [7, 11) is 1.75. The van der Waals surface area contributed by atoms with Crippen LogP contribution >= 0.6 is 11.6 Å². The number of hydrogen-bond acceptors (Lipinski definition) is 3. The third-order valence-electron chi connectivity index (χ3n) is 4.44. The Balaban J connectivity index is 1.34. The fraction of sp³-hybridized carbons (Fsp3) is 0.211. The van der Waals surface area contributed by atoms with Gasteiger partial charge in [-0.05, 0) is 42.3 Å². The van der Waals surface area contributed by atoms with Crippen LogP contribution in [0.5, 0.6) is 0 Å². The molecule has 27 heavy (non-hydrogen) atoms. The van der Waals surface area contributed by atoms with E-state index in [2.05, 4.69) is 30.8 Å². The number of rotatable bonds is 5. The number of halogens is 1. The lowest BCUT2D eigenvalue weighted by Crippen LogP contribution is -2.38. The summed E-state index contributed by atoms with van der Waals surface area (Å²) < 4.78 is 1.95. The highest BCUT2D eigenvalue weighted by atomic mass is 35.5. The van der Waals surface area contributed by atoms with Crippen LogP contribution < -0.4 is 10.6 Å². The van der Waals surface area contributed by atoms with Gasteiger partial charge < -0.3 is 15.6 Å². The molecule has 0 aliphatic carbocycles. The molecule has 8 heteroatoms. The molecule has 7 nitrogen and oxygen atoms in total. The Labute approximate surface area is 161 Å². The summed E-state index contributed by atoms with van der Waals surface area (Å²) in [5, 5.41) is 16.9. The van der Waals surface area contributed by atoms with Crippen LogP contribution in [-0.2, 0) is 13.0 Å². The second kappa shape index (κ2) is 7.67. The van der Waals surface area contributed by atoms with Gasteiger partial charge in [-0.25, -0.2) is 0 Å². The van der Waals surface area contributed by atoms with E-state index in [1.54, 1.807) is 7.05 Å². The molecule has 0 saturated heterocycles. The lowest BCUT2D eigenvalue weighted by molar-refractivity contribution is 0.758. The van der Waals surface area contributed by atoms with Crippen molar-refractivity contribution in [3.05, 3.63) is 65.2 Å². The summed E-state index contributed by atoms with van der Waals surface area (Å²) >= 11 is 6.11. The van der Waals surface area contributed by atoms with Crippen molar-refractivity contribution in [2.24, 2.45) is 4.99 Å². The fourth-order valence-corrected chi connectivity index (χ4v) is 3.24. The van der Waals surface area contributed by atoms with Crippen LogP contribution in [-0.4, -0.2) is 39.1 Å². The number of nitrogens with zero attached hydrogens (tertiary/aromatic N) is 4. The maximum Gasteiger partial charge on any atom is 0.191 e. The number of H-pyrrole nitrogens is 1. The topological polar surface area (TPSA) is 82.4 Å². The van der Waals surface area contributed by atoms with E-state index >= 15 is 0 Å². The van der Waals surface area contributed by atoms with Crippen LogP contribution in [0.1, 0.15) is 11.4 Å². The number of benzene rings is 1. The van der Waals surface area contributed by atoms with Crippen LogP contribution in [0.3, 0.4) is 0 Å². The molecule has 0 radical (unpaired) electrons. The van der Waals surface area contributed by atoms with Gasteiger partial charge in [0.05, 0.1) is 6.54 Å². The molecule has 0 amide bonds. The van der Waals surface area contributed by atoms with Crippen LogP contribution in [0.15, 0.2) is 53.8 Å². The molecule has 3 heterocycles. The van der Waals surface area contributed by atoms with Crippen LogP contribution in [0.25, 0.3) is 16.6 Å². The lowest BCUT2D eigenvalue weighted by atomic mass is 10.1. The second-order valence-electron chi connectivity index (χ2n) is 6.15. The molecule has 0 bridgehead atoms. The molecule has 0 spiro atoms. The van der Waals surface area contributed by atoms with Gasteiger partial charge in [-0.1, -0.05) is 17.7 Å². The van der Waals surface area contributed by atoms with E-state index in [1.807, 2.05) is 53.2 Å². The largest absolute Gasteiger partial charge is 0.361 e. The van der Waals surface area contributed by atoms with Crippen molar-refractivity contribution in [1.29, 1.82) is 0 Å². The Hall–Kier alpha value is -3.06. The third-order valence-corrected chi connectivity index (χ3v) is 4.67. The highest BCUT2D eigenvalue weighted by Gasteiger charge is 2.07.